The van der Waals surface area contributed by atoms with Crippen LogP contribution < -0.4 is 10.2 Å². The second kappa shape index (κ2) is 7.26. The minimum atomic E-state index is -0.452. The van der Waals surface area contributed by atoms with E-state index in [-0.39, 0.29) is 6.03 Å². The number of thiophene rings is 1. The van der Waals surface area contributed by atoms with Crippen molar-refractivity contribution in [1.82, 2.24) is 14.9 Å². The van der Waals surface area contributed by atoms with Gasteiger partial charge in [0.2, 0.25) is 5.95 Å². The molecule has 3 heterocycles. The van der Waals surface area contributed by atoms with Gasteiger partial charge in [0.1, 0.15) is 4.88 Å². The van der Waals surface area contributed by atoms with Crippen molar-refractivity contribution in [1.29, 1.82) is 0 Å². The molecule has 0 unspecified atom stereocenters. The summed E-state index contributed by atoms with van der Waals surface area (Å²) in [6.07, 6.45) is 3.40. The number of ether oxygens (including phenoxy) is 1. The molecule has 9 heteroatoms. The zero-order valence-electron chi connectivity index (χ0n) is 13.1. The summed E-state index contributed by atoms with van der Waals surface area (Å²) < 4.78 is 4.71. The minimum Gasteiger partial charge on any atom is -0.465 e. The van der Waals surface area contributed by atoms with E-state index in [4.69, 9.17) is 4.74 Å². The standard InChI is InChI=1S/C15H17N5O3S/c1-23-13(21)12-11(3-10-24-12)18-15(22)20-8-6-19(7-9-20)14-16-4-2-5-17-14/h2-5,10H,6-9H2,1H3,(H,18,22). The number of piperazine rings is 1. The van der Waals surface area contributed by atoms with E-state index in [2.05, 4.69) is 15.3 Å². The number of amides is 2. The van der Waals surface area contributed by atoms with Crippen LogP contribution in [0.2, 0.25) is 0 Å². The first-order valence-corrected chi connectivity index (χ1v) is 8.30. The van der Waals surface area contributed by atoms with E-state index >= 15 is 0 Å². The molecule has 1 aliphatic heterocycles. The Bertz CT molecular complexity index is 713. The maximum atomic E-state index is 12.4. The van der Waals surface area contributed by atoms with E-state index in [1.165, 1.54) is 18.4 Å². The summed E-state index contributed by atoms with van der Waals surface area (Å²) in [7, 11) is 1.32. The van der Waals surface area contributed by atoms with Crippen molar-refractivity contribution in [2.75, 3.05) is 43.5 Å². The molecule has 126 valence electrons. The number of nitrogens with zero attached hydrogens (tertiary/aromatic N) is 4. The van der Waals surface area contributed by atoms with Crippen LogP contribution in [0.5, 0.6) is 0 Å². The van der Waals surface area contributed by atoms with Gasteiger partial charge < -0.3 is 19.9 Å². The summed E-state index contributed by atoms with van der Waals surface area (Å²) in [6, 6.07) is 3.24. The van der Waals surface area contributed by atoms with Crippen LogP contribution in [-0.4, -0.2) is 60.2 Å². The van der Waals surface area contributed by atoms with E-state index in [1.807, 2.05) is 4.90 Å². The molecule has 1 fully saturated rings. The third-order valence-corrected chi connectivity index (χ3v) is 4.57. The van der Waals surface area contributed by atoms with Gasteiger partial charge >= 0.3 is 12.0 Å². The van der Waals surface area contributed by atoms with Crippen LogP contribution >= 0.6 is 11.3 Å². The quantitative estimate of drug-likeness (QED) is 0.850. The van der Waals surface area contributed by atoms with Crippen LogP contribution in [0, 0.1) is 0 Å². The van der Waals surface area contributed by atoms with Gasteiger partial charge in [0.25, 0.3) is 0 Å². The maximum absolute atomic E-state index is 12.4. The molecule has 24 heavy (non-hydrogen) atoms. The molecule has 0 bridgehead atoms. The molecule has 2 amide bonds. The number of rotatable bonds is 3. The number of methoxy groups -OCH3 is 1. The molecule has 0 atom stereocenters. The largest absolute Gasteiger partial charge is 0.465 e. The summed E-state index contributed by atoms with van der Waals surface area (Å²) in [5.41, 5.74) is 0.477. The first kappa shape index (κ1) is 16.2. The lowest BCUT2D eigenvalue weighted by Gasteiger charge is -2.34. The molecule has 3 rings (SSSR count). The highest BCUT2D eigenvalue weighted by Gasteiger charge is 2.24. The molecule has 0 radical (unpaired) electrons. The van der Waals surface area contributed by atoms with Gasteiger partial charge in [-0.3, -0.25) is 0 Å². The Hall–Kier alpha value is -2.68. The number of carbonyl (C=O) groups is 2. The number of aromatic nitrogens is 2. The molecule has 0 saturated carbocycles. The number of nitrogens with one attached hydrogen (secondary N) is 1. The Morgan fingerprint density at radius 2 is 1.92 bits per heavy atom. The van der Waals surface area contributed by atoms with E-state index in [0.717, 1.165) is 0 Å². The maximum Gasteiger partial charge on any atom is 0.350 e. The Morgan fingerprint density at radius 1 is 1.21 bits per heavy atom. The highest BCUT2D eigenvalue weighted by atomic mass is 32.1. The fraction of sp³-hybridized carbons (Fsp3) is 0.333. The van der Waals surface area contributed by atoms with Gasteiger partial charge in [-0.1, -0.05) is 0 Å². The third-order valence-electron chi connectivity index (χ3n) is 3.68. The zero-order valence-corrected chi connectivity index (χ0v) is 14.0. The third kappa shape index (κ3) is 3.46. The van der Waals surface area contributed by atoms with Crippen molar-refractivity contribution in [3.05, 3.63) is 34.8 Å². The average Bonchev–Trinajstić information content (AvgIpc) is 3.10. The van der Waals surface area contributed by atoms with Crippen LogP contribution in [-0.2, 0) is 4.74 Å². The SMILES string of the molecule is COC(=O)c1sccc1NC(=O)N1CCN(c2ncccn2)CC1. The number of anilines is 2. The van der Waals surface area contributed by atoms with Gasteiger partial charge in [0.15, 0.2) is 0 Å². The molecule has 1 saturated heterocycles. The summed E-state index contributed by atoms with van der Waals surface area (Å²) >= 11 is 1.24. The lowest BCUT2D eigenvalue weighted by Crippen LogP contribution is -2.50. The molecular weight excluding hydrogens is 330 g/mol. The Kier molecular flexibility index (Phi) is 4.90. The summed E-state index contributed by atoms with van der Waals surface area (Å²) in [5.74, 6) is 0.217. The molecule has 1 aliphatic rings. The molecule has 0 aromatic carbocycles. The highest BCUT2D eigenvalue weighted by Crippen LogP contribution is 2.23. The minimum absolute atomic E-state index is 0.229. The fourth-order valence-corrected chi connectivity index (χ4v) is 3.18. The van der Waals surface area contributed by atoms with E-state index in [1.54, 1.807) is 34.8 Å². The zero-order chi connectivity index (χ0) is 16.9. The highest BCUT2D eigenvalue weighted by molar-refractivity contribution is 7.12. The van der Waals surface area contributed by atoms with Gasteiger partial charge in [0.05, 0.1) is 12.8 Å². The second-order valence-corrected chi connectivity index (χ2v) is 6.02. The molecule has 8 nitrogen and oxygen atoms in total. The van der Waals surface area contributed by atoms with E-state index in [9.17, 15) is 9.59 Å². The van der Waals surface area contributed by atoms with Crippen LogP contribution in [0.25, 0.3) is 0 Å². The summed E-state index contributed by atoms with van der Waals surface area (Å²) in [5, 5.41) is 4.52. The number of hydrogen-bond donors (Lipinski definition) is 1. The van der Waals surface area contributed by atoms with Gasteiger partial charge in [-0.15, -0.1) is 11.3 Å². The summed E-state index contributed by atoms with van der Waals surface area (Å²) in [6.45, 7) is 2.43. The average molecular weight is 347 g/mol. The smallest absolute Gasteiger partial charge is 0.350 e. The lowest BCUT2D eigenvalue weighted by molar-refractivity contribution is 0.0607. The van der Waals surface area contributed by atoms with Crippen LogP contribution in [0.3, 0.4) is 0 Å². The lowest BCUT2D eigenvalue weighted by atomic mass is 10.3. The fourth-order valence-electron chi connectivity index (χ4n) is 2.42. The van der Waals surface area contributed by atoms with Crippen molar-refractivity contribution in [3.8, 4) is 0 Å². The molecule has 0 spiro atoms. The predicted octanol–water partition coefficient (Wildman–Crippen LogP) is 1.68. The van der Waals surface area contributed by atoms with Gasteiger partial charge in [-0.05, 0) is 17.5 Å². The Morgan fingerprint density at radius 3 is 2.58 bits per heavy atom. The van der Waals surface area contributed by atoms with E-state index < -0.39 is 5.97 Å². The normalized spacial score (nSPS) is 14.4. The topological polar surface area (TPSA) is 87.7 Å². The predicted molar refractivity (Wildman–Crippen MR) is 90.5 cm³/mol. The number of esters is 1. The first-order chi connectivity index (χ1) is 11.7. The molecular formula is C15H17N5O3S. The van der Waals surface area contributed by atoms with Gasteiger partial charge in [-0.2, -0.15) is 0 Å². The van der Waals surface area contributed by atoms with Gasteiger partial charge in [-0.25, -0.2) is 19.6 Å². The van der Waals surface area contributed by atoms with Crippen molar-refractivity contribution >= 4 is 35.0 Å². The monoisotopic (exact) mass is 347 g/mol. The molecule has 2 aromatic rings. The van der Waals surface area contributed by atoms with Crippen LogP contribution in [0.1, 0.15) is 9.67 Å². The second-order valence-electron chi connectivity index (χ2n) is 5.11. The van der Waals surface area contributed by atoms with Crippen molar-refractivity contribution < 1.29 is 14.3 Å². The first-order valence-electron chi connectivity index (χ1n) is 7.42. The van der Waals surface area contributed by atoms with Gasteiger partial charge in [0, 0.05) is 38.6 Å². The van der Waals surface area contributed by atoms with Crippen LogP contribution in [0.4, 0.5) is 16.4 Å². The van der Waals surface area contributed by atoms with Crippen LogP contribution in [0.15, 0.2) is 29.9 Å². The molecule has 0 aliphatic carbocycles. The van der Waals surface area contributed by atoms with Crippen molar-refractivity contribution in [2.45, 2.75) is 0 Å². The summed E-state index contributed by atoms with van der Waals surface area (Å²) in [4.78, 5) is 36.6. The number of hydrogen-bond acceptors (Lipinski definition) is 7. The van der Waals surface area contributed by atoms with Crippen molar-refractivity contribution in [2.24, 2.45) is 0 Å². The molecule has 1 N–H and O–H groups in total. The van der Waals surface area contributed by atoms with Crippen molar-refractivity contribution in [3.63, 3.8) is 0 Å². The Balaban J connectivity index is 1.58. The number of carbonyl (C=O) groups excluding carboxylic acids is 2. The van der Waals surface area contributed by atoms with E-state index in [0.29, 0.717) is 42.7 Å². The number of urea groups is 1. The Labute approximate surface area is 143 Å². The molecule has 2 aromatic heterocycles.